The minimum absolute atomic E-state index is 0.119. The first-order valence-corrected chi connectivity index (χ1v) is 13.6. The Morgan fingerprint density at radius 2 is 1.78 bits per heavy atom. The van der Waals surface area contributed by atoms with E-state index in [0.29, 0.717) is 33.5 Å². The lowest BCUT2D eigenvalue weighted by Gasteiger charge is -2.31. The summed E-state index contributed by atoms with van der Waals surface area (Å²) in [6, 6.07) is 12.5. The topological polar surface area (TPSA) is 99.7 Å². The maximum atomic E-state index is 13.0. The standard InChI is InChI=1S/C28H27F3N6O3S/c1-17-6-7-20(32-25(39)18-4-3-5-19(14-18)28(29,30)31)15-22(17)40-24-9-8-21-26(35-24)41-27(33-21)34-23(38)16-37-12-10-36(2)11-13-37/h3-9,14-15H,10-13,16H2,1-2H3,(H,32,39)(H,33,34,38). The van der Waals surface area contributed by atoms with Gasteiger partial charge in [-0.3, -0.25) is 14.5 Å². The number of likely N-dealkylation sites (N-methyl/N-ethyl adjacent to an activating group) is 1. The molecule has 2 aromatic carbocycles. The number of nitrogens with zero attached hydrogens (tertiary/aromatic N) is 4. The fourth-order valence-electron chi connectivity index (χ4n) is 4.22. The number of nitrogens with one attached hydrogen (secondary N) is 2. The molecule has 5 rings (SSSR count). The van der Waals surface area contributed by atoms with Gasteiger partial charge in [-0.05, 0) is 49.9 Å². The van der Waals surface area contributed by atoms with E-state index < -0.39 is 17.6 Å². The molecule has 0 radical (unpaired) electrons. The first-order valence-electron chi connectivity index (χ1n) is 12.8. The van der Waals surface area contributed by atoms with Crippen LogP contribution >= 0.6 is 11.3 Å². The molecule has 0 spiro atoms. The first kappa shape index (κ1) is 28.5. The molecule has 0 bridgehead atoms. The van der Waals surface area contributed by atoms with E-state index in [9.17, 15) is 22.8 Å². The van der Waals surface area contributed by atoms with E-state index in [-0.39, 0.29) is 17.4 Å². The number of piperazine rings is 1. The van der Waals surface area contributed by atoms with Crippen molar-refractivity contribution < 1.29 is 27.5 Å². The van der Waals surface area contributed by atoms with Gasteiger partial charge >= 0.3 is 6.18 Å². The summed E-state index contributed by atoms with van der Waals surface area (Å²) in [5.41, 5.74) is 0.686. The number of fused-ring (bicyclic) bond motifs is 1. The number of carbonyl (C=O) groups excluding carboxylic acids is 2. The second-order valence-electron chi connectivity index (χ2n) is 9.74. The van der Waals surface area contributed by atoms with E-state index in [0.717, 1.165) is 43.9 Å². The van der Waals surface area contributed by atoms with Crippen molar-refractivity contribution in [3.63, 3.8) is 0 Å². The van der Waals surface area contributed by atoms with Crippen LogP contribution in [0, 0.1) is 6.92 Å². The number of hydrogen-bond acceptors (Lipinski definition) is 8. The lowest BCUT2D eigenvalue weighted by atomic mass is 10.1. The largest absolute Gasteiger partial charge is 0.439 e. The Labute approximate surface area is 238 Å². The summed E-state index contributed by atoms with van der Waals surface area (Å²) in [4.78, 5) is 39.0. The monoisotopic (exact) mass is 584 g/mol. The number of benzene rings is 2. The number of carbonyl (C=O) groups is 2. The van der Waals surface area contributed by atoms with Crippen LogP contribution < -0.4 is 15.4 Å². The highest BCUT2D eigenvalue weighted by molar-refractivity contribution is 7.21. The van der Waals surface area contributed by atoms with Gasteiger partial charge in [0.05, 0.1) is 12.1 Å². The fourth-order valence-corrected chi connectivity index (χ4v) is 5.06. The Balaban J connectivity index is 1.25. The van der Waals surface area contributed by atoms with Crippen LogP contribution in [0.15, 0.2) is 54.6 Å². The van der Waals surface area contributed by atoms with Crippen molar-refractivity contribution in [3.05, 3.63) is 71.3 Å². The summed E-state index contributed by atoms with van der Waals surface area (Å²) < 4.78 is 45.1. The van der Waals surface area contributed by atoms with Crippen molar-refractivity contribution in [1.29, 1.82) is 0 Å². The number of alkyl halides is 3. The third kappa shape index (κ3) is 7.17. The van der Waals surface area contributed by atoms with E-state index in [4.69, 9.17) is 4.74 Å². The highest BCUT2D eigenvalue weighted by atomic mass is 32.1. The average Bonchev–Trinajstić information content (AvgIpc) is 3.32. The number of aromatic nitrogens is 2. The molecule has 2 amide bonds. The van der Waals surface area contributed by atoms with Crippen LogP contribution in [0.2, 0.25) is 0 Å². The molecule has 1 aliphatic heterocycles. The Bertz CT molecular complexity index is 1580. The normalized spacial score (nSPS) is 14.7. The molecule has 13 heteroatoms. The van der Waals surface area contributed by atoms with E-state index >= 15 is 0 Å². The molecule has 214 valence electrons. The van der Waals surface area contributed by atoms with Crippen LogP contribution in [0.5, 0.6) is 11.6 Å². The number of halogens is 3. The maximum Gasteiger partial charge on any atom is 0.416 e. The van der Waals surface area contributed by atoms with Crippen molar-refractivity contribution in [2.24, 2.45) is 0 Å². The average molecular weight is 585 g/mol. The molecule has 1 fully saturated rings. The van der Waals surface area contributed by atoms with Crippen LogP contribution in [0.4, 0.5) is 24.0 Å². The van der Waals surface area contributed by atoms with E-state index in [1.807, 2.05) is 6.92 Å². The Hall–Kier alpha value is -4.07. The highest BCUT2D eigenvalue weighted by Gasteiger charge is 2.31. The minimum Gasteiger partial charge on any atom is -0.439 e. The van der Waals surface area contributed by atoms with E-state index in [2.05, 4.69) is 37.4 Å². The predicted octanol–water partition coefficient (Wildman–Crippen LogP) is 5.25. The summed E-state index contributed by atoms with van der Waals surface area (Å²) in [6.45, 7) is 5.62. The van der Waals surface area contributed by atoms with Gasteiger partial charge in [-0.1, -0.05) is 23.5 Å². The number of pyridine rings is 1. The SMILES string of the molecule is Cc1ccc(NC(=O)c2cccc(C(F)(F)F)c2)cc1Oc1ccc2nc(NC(=O)CN3CCN(C)CC3)sc2n1. The number of ether oxygens (including phenoxy) is 1. The molecule has 9 nitrogen and oxygen atoms in total. The number of hydrogen-bond donors (Lipinski definition) is 2. The Morgan fingerprint density at radius 3 is 2.54 bits per heavy atom. The molecule has 0 aliphatic carbocycles. The van der Waals surface area contributed by atoms with Crippen molar-refractivity contribution in [1.82, 2.24) is 19.8 Å². The molecule has 1 saturated heterocycles. The minimum atomic E-state index is -4.55. The third-order valence-corrected chi connectivity index (χ3v) is 7.43. The van der Waals surface area contributed by atoms with E-state index in [1.165, 1.54) is 23.5 Å². The summed E-state index contributed by atoms with van der Waals surface area (Å²) in [5, 5.41) is 5.90. The number of aryl methyl sites for hydroxylation is 1. The van der Waals surface area contributed by atoms with Crippen molar-refractivity contribution >= 4 is 44.3 Å². The molecule has 2 aromatic heterocycles. The van der Waals surface area contributed by atoms with Gasteiger partial charge in [0.1, 0.15) is 16.1 Å². The summed E-state index contributed by atoms with van der Waals surface area (Å²) >= 11 is 1.23. The summed E-state index contributed by atoms with van der Waals surface area (Å²) in [7, 11) is 2.06. The molecule has 3 heterocycles. The van der Waals surface area contributed by atoms with Crippen molar-refractivity contribution in [3.8, 4) is 11.6 Å². The van der Waals surface area contributed by atoms with Crippen molar-refractivity contribution in [2.45, 2.75) is 13.1 Å². The molecule has 41 heavy (non-hydrogen) atoms. The fraction of sp³-hybridized carbons (Fsp3) is 0.286. The number of rotatable bonds is 7. The summed E-state index contributed by atoms with van der Waals surface area (Å²) in [5.74, 6) is -0.133. The summed E-state index contributed by atoms with van der Waals surface area (Å²) in [6.07, 6.45) is -4.55. The second kappa shape index (κ2) is 11.8. The van der Waals surface area contributed by atoms with Gasteiger partial charge in [-0.25, -0.2) is 9.97 Å². The molecule has 0 unspecified atom stereocenters. The zero-order valence-electron chi connectivity index (χ0n) is 22.3. The van der Waals surface area contributed by atoms with Crippen LogP contribution in [-0.4, -0.2) is 71.4 Å². The lowest BCUT2D eigenvalue weighted by molar-refractivity contribution is -0.137. The molecule has 0 saturated carbocycles. The van der Waals surface area contributed by atoms with Gasteiger partial charge in [-0.15, -0.1) is 0 Å². The van der Waals surface area contributed by atoms with Gasteiger partial charge < -0.3 is 20.3 Å². The molecule has 0 atom stereocenters. The molecule has 1 aliphatic rings. The number of anilines is 2. The quantitative estimate of drug-likeness (QED) is 0.306. The smallest absolute Gasteiger partial charge is 0.416 e. The van der Waals surface area contributed by atoms with Gasteiger partial charge in [0, 0.05) is 49.6 Å². The Morgan fingerprint density at radius 1 is 1.00 bits per heavy atom. The number of thiazole rings is 1. The van der Waals surface area contributed by atoms with Crippen LogP contribution in [0.3, 0.4) is 0 Å². The first-order chi connectivity index (χ1) is 19.5. The van der Waals surface area contributed by atoms with Crippen LogP contribution in [0.1, 0.15) is 21.5 Å². The van der Waals surface area contributed by atoms with Crippen LogP contribution in [0.25, 0.3) is 10.3 Å². The van der Waals surface area contributed by atoms with Crippen LogP contribution in [-0.2, 0) is 11.0 Å². The van der Waals surface area contributed by atoms with Gasteiger partial charge in [0.15, 0.2) is 5.13 Å². The second-order valence-corrected chi connectivity index (χ2v) is 10.7. The molecule has 2 N–H and O–H groups in total. The maximum absolute atomic E-state index is 13.0. The molecule has 4 aromatic rings. The van der Waals surface area contributed by atoms with Gasteiger partial charge in [0.25, 0.3) is 5.91 Å². The molecular weight excluding hydrogens is 557 g/mol. The zero-order valence-corrected chi connectivity index (χ0v) is 23.1. The Kier molecular flexibility index (Phi) is 8.20. The highest BCUT2D eigenvalue weighted by Crippen LogP contribution is 2.32. The predicted molar refractivity (Wildman–Crippen MR) is 151 cm³/mol. The lowest BCUT2D eigenvalue weighted by Crippen LogP contribution is -2.47. The zero-order chi connectivity index (χ0) is 29.1. The number of amides is 2. The van der Waals surface area contributed by atoms with Gasteiger partial charge in [0.2, 0.25) is 11.8 Å². The third-order valence-electron chi connectivity index (χ3n) is 6.55. The molecular formula is C28H27F3N6O3S. The van der Waals surface area contributed by atoms with E-state index in [1.54, 1.807) is 30.3 Å². The van der Waals surface area contributed by atoms with Gasteiger partial charge in [-0.2, -0.15) is 13.2 Å². The van der Waals surface area contributed by atoms with Crippen molar-refractivity contribution in [2.75, 3.05) is 50.4 Å².